The SMILES string of the molecule is CCCCOCCNC(=O)C1CC(N)CCC1C. The van der Waals surface area contributed by atoms with Crippen molar-refractivity contribution < 1.29 is 9.53 Å². The van der Waals surface area contributed by atoms with Crippen molar-refractivity contribution in [2.75, 3.05) is 19.8 Å². The minimum atomic E-state index is 0.0874. The van der Waals surface area contributed by atoms with Gasteiger partial charge >= 0.3 is 0 Å². The Morgan fingerprint density at radius 2 is 2.17 bits per heavy atom. The molecule has 0 aromatic rings. The second-order valence-corrected chi connectivity index (χ2v) is 5.41. The highest BCUT2D eigenvalue weighted by molar-refractivity contribution is 5.79. The first-order valence-corrected chi connectivity index (χ1v) is 7.26. The third kappa shape index (κ3) is 5.36. The molecule has 3 N–H and O–H groups in total. The number of hydrogen-bond acceptors (Lipinski definition) is 3. The molecule has 0 aliphatic heterocycles. The predicted molar refractivity (Wildman–Crippen MR) is 73.2 cm³/mol. The molecule has 0 spiro atoms. The van der Waals surface area contributed by atoms with Crippen molar-refractivity contribution in [2.24, 2.45) is 17.6 Å². The fourth-order valence-corrected chi connectivity index (χ4v) is 2.45. The molecule has 0 bridgehead atoms. The number of unbranched alkanes of at least 4 members (excludes halogenated alkanes) is 1. The number of nitrogens with one attached hydrogen (secondary N) is 1. The number of rotatable bonds is 7. The van der Waals surface area contributed by atoms with E-state index < -0.39 is 0 Å². The molecule has 1 fully saturated rings. The van der Waals surface area contributed by atoms with Crippen LogP contribution in [0.4, 0.5) is 0 Å². The first-order valence-electron chi connectivity index (χ1n) is 7.26. The van der Waals surface area contributed by atoms with Gasteiger partial charge in [-0.15, -0.1) is 0 Å². The Morgan fingerprint density at radius 1 is 1.39 bits per heavy atom. The molecule has 106 valence electrons. The van der Waals surface area contributed by atoms with Gasteiger partial charge in [-0.1, -0.05) is 20.3 Å². The van der Waals surface area contributed by atoms with Crippen molar-refractivity contribution in [2.45, 2.75) is 52.0 Å². The van der Waals surface area contributed by atoms with Crippen molar-refractivity contribution in [3.05, 3.63) is 0 Å². The lowest BCUT2D eigenvalue weighted by molar-refractivity contribution is -0.128. The van der Waals surface area contributed by atoms with E-state index in [1.807, 2.05) is 0 Å². The summed E-state index contributed by atoms with van der Waals surface area (Å²) >= 11 is 0. The predicted octanol–water partition coefficient (Wildman–Crippen LogP) is 1.68. The van der Waals surface area contributed by atoms with Crippen LogP contribution in [-0.2, 0) is 9.53 Å². The van der Waals surface area contributed by atoms with Crippen molar-refractivity contribution in [1.29, 1.82) is 0 Å². The van der Waals surface area contributed by atoms with Crippen LogP contribution in [0.3, 0.4) is 0 Å². The first-order chi connectivity index (χ1) is 8.65. The highest BCUT2D eigenvalue weighted by atomic mass is 16.5. The molecule has 3 atom stereocenters. The van der Waals surface area contributed by atoms with Gasteiger partial charge in [-0.05, 0) is 31.6 Å². The van der Waals surface area contributed by atoms with Gasteiger partial charge in [0.05, 0.1) is 6.61 Å². The topological polar surface area (TPSA) is 64.3 Å². The average Bonchev–Trinajstić information content (AvgIpc) is 2.36. The number of nitrogens with two attached hydrogens (primary N) is 1. The van der Waals surface area contributed by atoms with E-state index in [1.165, 1.54) is 0 Å². The summed E-state index contributed by atoms with van der Waals surface area (Å²) in [5, 5.41) is 2.96. The fraction of sp³-hybridized carbons (Fsp3) is 0.929. The molecule has 3 unspecified atom stereocenters. The Hall–Kier alpha value is -0.610. The van der Waals surface area contributed by atoms with E-state index in [0.717, 1.165) is 38.7 Å². The molecule has 4 heteroatoms. The van der Waals surface area contributed by atoms with Crippen molar-refractivity contribution in [3.63, 3.8) is 0 Å². The van der Waals surface area contributed by atoms with Gasteiger partial charge in [0.1, 0.15) is 0 Å². The molecule has 1 saturated carbocycles. The number of carbonyl (C=O) groups is 1. The average molecular weight is 256 g/mol. The van der Waals surface area contributed by atoms with E-state index in [-0.39, 0.29) is 17.9 Å². The standard InChI is InChI=1S/C14H28N2O2/c1-3-4-8-18-9-7-16-14(17)13-10-12(15)6-5-11(13)2/h11-13H,3-10,15H2,1-2H3,(H,16,17). The van der Waals surface area contributed by atoms with Crippen LogP contribution in [-0.4, -0.2) is 31.7 Å². The smallest absolute Gasteiger partial charge is 0.223 e. The summed E-state index contributed by atoms with van der Waals surface area (Å²) in [5.41, 5.74) is 5.93. The molecule has 1 aliphatic rings. The van der Waals surface area contributed by atoms with Gasteiger partial charge in [-0.3, -0.25) is 4.79 Å². The number of ether oxygens (including phenoxy) is 1. The van der Waals surface area contributed by atoms with Gasteiger partial charge in [0.15, 0.2) is 0 Å². The van der Waals surface area contributed by atoms with Crippen LogP contribution in [0.25, 0.3) is 0 Å². The molecular weight excluding hydrogens is 228 g/mol. The number of hydrogen-bond donors (Lipinski definition) is 2. The van der Waals surface area contributed by atoms with Crippen LogP contribution in [0.2, 0.25) is 0 Å². The fourth-order valence-electron chi connectivity index (χ4n) is 2.45. The van der Waals surface area contributed by atoms with E-state index in [1.54, 1.807) is 0 Å². The second kappa shape index (κ2) is 8.48. The maximum absolute atomic E-state index is 12.0. The zero-order valence-electron chi connectivity index (χ0n) is 11.8. The molecule has 18 heavy (non-hydrogen) atoms. The molecule has 0 heterocycles. The molecule has 0 saturated heterocycles. The van der Waals surface area contributed by atoms with E-state index >= 15 is 0 Å². The lowest BCUT2D eigenvalue weighted by Gasteiger charge is -2.31. The summed E-state index contributed by atoms with van der Waals surface area (Å²) < 4.78 is 5.42. The summed E-state index contributed by atoms with van der Waals surface area (Å²) in [7, 11) is 0. The van der Waals surface area contributed by atoms with Gasteiger partial charge in [0.2, 0.25) is 5.91 Å². The third-order valence-electron chi connectivity index (χ3n) is 3.76. The number of amides is 1. The summed E-state index contributed by atoms with van der Waals surface area (Å²) in [6.45, 7) is 6.30. The van der Waals surface area contributed by atoms with Crippen LogP contribution >= 0.6 is 0 Å². The lowest BCUT2D eigenvalue weighted by atomic mass is 9.78. The second-order valence-electron chi connectivity index (χ2n) is 5.41. The van der Waals surface area contributed by atoms with Crippen LogP contribution in [0, 0.1) is 11.8 Å². The van der Waals surface area contributed by atoms with Crippen molar-refractivity contribution >= 4 is 5.91 Å². The largest absolute Gasteiger partial charge is 0.380 e. The van der Waals surface area contributed by atoms with E-state index in [4.69, 9.17) is 10.5 Å². The molecule has 4 nitrogen and oxygen atoms in total. The Balaban J connectivity index is 2.15. The Bertz CT molecular complexity index is 246. The van der Waals surface area contributed by atoms with E-state index in [2.05, 4.69) is 19.2 Å². The molecule has 1 aliphatic carbocycles. The molecule has 0 radical (unpaired) electrons. The van der Waals surface area contributed by atoms with E-state index in [9.17, 15) is 4.79 Å². The van der Waals surface area contributed by atoms with Gasteiger partial charge in [0.25, 0.3) is 0 Å². The maximum atomic E-state index is 12.0. The zero-order valence-corrected chi connectivity index (χ0v) is 11.8. The van der Waals surface area contributed by atoms with Crippen LogP contribution < -0.4 is 11.1 Å². The maximum Gasteiger partial charge on any atom is 0.223 e. The van der Waals surface area contributed by atoms with Crippen molar-refractivity contribution in [1.82, 2.24) is 5.32 Å². The Labute approximate surface area is 111 Å². The molecular formula is C14H28N2O2. The first kappa shape index (κ1) is 15.4. The van der Waals surface area contributed by atoms with Crippen LogP contribution in [0.5, 0.6) is 0 Å². The summed E-state index contributed by atoms with van der Waals surface area (Å²) in [6.07, 6.45) is 5.16. The van der Waals surface area contributed by atoms with Gasteiger partial charge in [0, 0.05) is 25.1 Å². The van der Waals surface area contributed by atoms with Crippen LogP contribution in [0.15, 0.2) is 0 Å². The molecule has 0 aromatic carbocycles. The van der Waals surface area contributed by atoms with Crippen LogP contribution in [0.1, 0.15) is 46.0 Å². The minimum Gasteiger partial charge on any atom is -0.380 e. The molecule has 1 rings (SSSR count). The summed E-state index contributed by atoms with van der Waals surface area (Å²) in [6, 6.07) is 0.192. The van der Waals surface area contributed by atoms with Gasteiger partial charge in [-0.25, -0.2) is 0 Å². The zero-order chi connectivity index (χ0) is 13.4. The summed E-state index contributed by atoms with van der Waals surface area (Å²) in [4.78, 5) is 12.0. The highest BCUT2D eigenvalue weighted by Crippen LogP contribution is 2.28. The van der Waals surface area contributed by atoms with Gasteiger partial charge < -0.3 is 15.8 Å². The lowest BCUT2D eigenvalue weighted by Crippen LogP contribution is -2.42. The van der Waals surface area contributed by atoms with Crippen molar-refractivity contribution in [3.8, 4) is 0 Å². The monoisotopic (exact) mass is 256 g/mol. The highest BCUT2D eigenvalue weighted by Gasteiger charge is 2.30. The number of carbonyl (C=O) groups excluding carboxylic acids is 1. The quantitative estimate of drug-likeness (QED) is 0.681. The van der Waals surface area contributed by atoms with E-state index in [0.29, 0.717) is 19.1 Å². The Morgan fingerprint density at radius 3 is 2.89 bits per heavy atom. The normalized spacial score (nSPS) is 28.1. The third-order valence-corrected chi connectivity index (χ3v) is 3.76. The molecule has 1 amide bonds. The summed E-state index contributed by atoms with van der Waals surface area (Å²) in [5.74, 6) is 0.687. The van der Waals surface area contributed by atoms with Gasteiger partial charge in [-0.2, -0.15) is 0 Å². The minimum absolute atomic E-state index is 0.0874. The molecule has 0 aromatic heterocycles. The Kier molecular flexibility index (Phi) is 7.28.